The molecule has 25 heavy (non-hydrogen) atoms. The van der Waals surface area contributed by atoms with Crippen LogP contribution in [0.3, 0.4) is 0 Å². The third-order valence-electron chi connectivity index (χ3n) is 4.01. The summed E-state index contributed by atoms with van der Waals surface area (Å²) in [6.07, 6.45) is -12.7. The monoisotopic (exact) mass is 372 g/mol. The van der Waals surface area contributed by atoms with Crippen LogP contribution in [0.25, 0.3) is 0 Å². The van der Waals surface area contributed by atoms with Crippen molar-refractivity contribution in [1.82, 2.24) is 5.32 Å². The maximum atomic E-state index is 9.37. The molecule has 2 heterocycles. The summed E-state index contributed by atoms with van der Waals surface area (Å²) in [6.45, 7) is 0.268. The molecule has 150 valence electrons. The maximum Gasteiger partial charge on any atom is 0.184 e. The summed E-state index contributed by atoms with van der Waals surface area (Å²) < 4.78 is 9.56. The number of aliphatic hydroxyl groups is 8. The van der Waals surface area contributed by atoms with Gasteiger partial charge in [0.25, 0.3) is 0 Å². The minimum Gasteiger partial charge on any atom is -0.388 e. The Balaban J connectivity index is 0.000000251. The van der Waals surface area contributed by atoms with E-state index in [0.29, 0.717) is 6.54 Å². The van der Waals surface area contributed by atoms with E-state index in [4.69, 9.17) is 40.7 Å². The highest BCUT2D eigenvalue weighted by molar-refractivity contribution is 4.89. The van der Waals surface area contributed by atoms with Crippen molar-refractivity contribution >= 4 is 0 Å². The minimum absolute atomic E-state index is 0.0258. The van der Waals surface area contributed by atoms with E-state index in [1.807, 2.05) is 0 Å². The highest BCUT2D eigenvalue weighted by atomic mass is 16.6. The van der Waals surface area contributed by atoms with Crippen LogP contribution in [0.4, 0.5) is 0 Å². The summed E-state index contributed by atoms with van der Waals surface area (Å²) in [5, 5.41) is 75.8. The molecule has 0 aromatic heterocycles. The molecule has 2 aliphatic heterocycles. The van der Waals surface area contributed by atoms with Gasteiger partial charge in [0.05, 0.1) is 0 Å². The first-order chi connectivity index (χ1) is 11.6. The van der Waals surface area contributed by atoms with E-state index in [9.17, 15) is 15.3 Å². The SMILES string of the molecule is CNCC1OC(O)C(O)[C@@H](O)[C@@H]1O.NCC1OC(O)C(O)[C@@H](O)[C@@H]1O. The van der Waals surface area contributed by atoms with Gasteiger partial charge in [0.1, 0.15) is 48.8 Å². The zero-order valence-corrected chi connectivity index (χ0v) is 13.7. The van der Waals surface area contributed by atoms with Gasteiger partial charge in [-0.05, 0) is 7.05 Å². The molecule has 12 nitrogen and oxygen atoms in total. The average Bonchev–Trinajstić information content (AvgIpc) is 2.59. The molecule has 0 spiro atoms. The molecule has 2 fully saturated rings. The summed E-state index contributed by atoms with van der Waals surface area (Å²) in [5.41, 5.74) is 5.17. The van der Waals surface area contributed by atoms with E-state index in [1.54, 1.807) is 7.05 Å². The normalized spacial score (nSPS) is 47.8. The lowest BCUT2D eigenvalue weighted by atomic mass is 9.99. The lowest BCUT2D eigenvalue weighted by Gasteiger charge is -2.38. The highest BCUT2D eigenvalue weighted by Gasteiger charge is 2.43. The molecule has 0 radical (unpaired) electrons. The van der Waals surface area contributed by atoms with E-state index < -0.39 is 61.4 Å². The number of hydrogen-bond donors (Lipinski definition) is 10. The minimum atomic E-state index is -1.49. The van der Waals surface area contributed by atoms with E-state index in [2.05, 4.69) is 5.32 Å². The smallest absolute Gasteiger partial charge is 0.184 e. The summed E-state index contributed by atoms with van der Waals surface area (Å²) in [7, 11) is 1.65. The van der Waals surface area contributed by atoms with Crippen LogP contribution < -0.4 is 11.1 Å². The Bertz CT molecular complexity index is 387. The molecule has 0 aliphatic carbocycles. The van der Waals surface area contributed by atoms with Crippen molar-refractivity contribution in [1.29, 1.82) is 0 Å². The first-order valence-electron chi connectivity index (χ1n) is 7.75. The highest BCUT2D eigenvalue weighted by Crippen LogP contribution is 2.19. The van der Waals surface area contributed by atoms with Crippen LogP contribution in [0, 0.1) is 0 Å². The molecule has 0 aromatic rings. The van der Waals surface area contributed by atoms with Gasteiger partial charge in [0.2, 0.25) is 0 Å². The van der Waals surface area contributed by atoms with Crippen LogP contribution in [0.15, 0.2) is 0 Å². The van der Waals surface area contributed by atoms with Crippen molar-refractivity contribution < 1.29 is 50.3 Å². The first kappa shape index (κ1) is 22.6. The average molecular weight is 372 g/mol. The predicted octanol–water partition coefficient (Wildman–Crippen LogP) is -6.25. The molecule has 0 amide bonds. The van der Waals surface area contributed by atoms with Crippen LogP contribution in [-0.2, 0) is 9.47 Å². The second kappa shape index (κ2) is 10.0. The number of rotatable bonds is 3. The van der Waals surface area contributed by atoms with Gasteiger partial charge >= 0.3 is 0 Å². The fourth-order valence-corrected chi connectivity index (χ4v) is 2.43. The van der Waals surface area contributed by atoms with Gasteiger partial charge in [-0.3, -0.25) is 0 Å². The zero-order chi connectivity index (χ0) is 19.3. The Morgan fingerprint density at radius 3 is 1.48 bits per heavy atom. The van der Waals surface area contributed by atoms with Crippen LogP contribution >= 0.6 is 0 Å². The van der Waals surface area contributed by atoms with Crippen LogP contribution in [-0.4, -0.2) is 122 Å². The number of likely N-dealkylation sites (N-methyl/N-ethyl adjacent to an activating group) is 1. The van der Waals surface area contributed by atoms with Crippen LogP contribution in [0.5, 0.6) is 0 Å². The van der Waals surface area contributed by atoms with Gasteiger partial charge in [-0.25, -0.2) is 0 Å². The van der Waals surface area contributed by atoms with Crippen molar-refractivity contribution in [3.8, 4) is 0 Å². The molecule has 2 rings (SSSR count). The Hall–Kier alpha value is -0.480. The molecule has 10 atom stereocenters. The predicted molar refractivity (Wildman–Crippen MR) is 80.8 cm³/mol. The molecule has 0 bridgehead atoms. The number of nitrogens with one attached hydrogen (secondary N) is 1. The van der Waals surface area contributed by atoms with E-state index in [1.165, 1.54) is 0 Å². The van der Waals surface area contributed by atoms with Gasteiger partial charge in [-0.15, -0.1) is 0 Å². The number of aliphatic hydroxyl groups excluding tert-OH is 8. The molecule has 0 saturated carbocycles. The molecule has 2 saturated heterocycles. The van der Waals surface area contributed by atoms with Crippen LogP contribution in [0.2, 0.25) is 0 Å². The fraction of sp³-hybridized carbons (Fsp3) is 1.00. The Morgan fingerprint density at radius 1 is 0.680 bits per heavy atom. The fourth-order valence-electron chi connectivity index (χ4n) is 2.43. The molecule has 12 heteroatoms. The molecule has 2 aliphatic rings. The number of ether oxygens (including phenoxy) is 2. The Labute approximate surface area is 144 Å². The third-order valence-corrected chi connectivity index (χ3v) is 4.01. The molecule has 6 unspecified atom stereocenters. The summed E-state index contributed by atoms with van der Waals surface area (Å²) >= 11 is 0. The zero-order valence-electron chi connectivity index (χ0n) is 13.7. The van der Waals surface area contributed by atoms with Crippen molar-refractivity contribution in [3.63, 3.8) is 0 Å². The van der Waals surface area contributed by atoms with Gasteiger partial charge in [-0.2, -0.15) is 0 Å². The Morgan fingerprint density at radius 2 is 1.08 bits per heavy atom. The summed E-state index contributed by atoms with van der Waals surface area (Å²) in [5.74, 6) is 0. The second-order valence-electron chi connectivity index (χ2n) is 5.87. The van der Waals surface area contributed by atoms with Crippen molar-refractivity contribution in [2.75, 3.05) is 20.1 Å². The van der Waals surface area contributed by atoms with Gasteiger partial charge in [0.15, 0.2) is 12.6 Å². The Kier molecular flexibility index (Phi) is 9.03. The van der Waals surface area contributed by atoms with Crippen molar-refractivity contribution in [3.05, 3.63) is 0 Å². The molecule has 11 N–H and O–H groups in total. The van der Waals surface area contributed by atoms with Crippen molar-refractivity contribution in [2.24, 2.45) is 5.73 Å². The van der Waals surface area contributed by atoms with Crippen LogP contribution in [0.1, 0.15) is 0 Å². The molecular formula is C13H28N2O10. The topological polar surface area (TPSA) is 218 Å². The largest absolute Gasteiger partial charge is 0.388 e. The lowest BCUT2D eigenvalue weighted by Crippen LogP contribution is -2.59. The second-order valence-corrected chi connectivity index (χ2v) is 5.87. The van der Waals surface area contributed by atoms with Gasteiger partial charge < -0.3 is 61.4 Å². The maximum absolute atomic E-state index is 9.37. The van der Waals surface area contributed by atoms with Crippen molar-refractivity contribution in [2.45, 2.75) is 61.4 Å². The van der Waals surface area contributed by atoms with Gasteiger partial charge in [-0.1, -0.05) is 0 Å². The summed E-state index contributed by atoms with van der Waals surface area (Å²) in [6, 6.07) is 0. The van der Waals surface area contributed by atoms with E-state index in [-0.39, 0.29) is 6.54 Å². The first-order valence-corrected chi connectivity index (χ1v) is 7.75. The van der Waals surface area contributed by atoms with E-state index in [0.717, 1.165) is 0 Å². The molecular weight excluding hydrogens is 344 g/mol. The molecule has 0 aromatic carbocycles. The standard InChI is InChI=1S/C7H15NO5.C6H13NO5/c1-8-2-3-4(9)5(10)6(11)7(12)13-3;7-1-2-3(8)4(9)5(10)6(11)12-2/h3-12H,2H2,1H3;2-6,8-11H,1,7H2/t3?,4-,5+,6?,7?;2?,3-,4+,5?,6?/m11/s1. The summed E-state index contributed by atoms with van der Waals surface area (Å²) in [4.78, 5) is 0. The van der Waals surface area contributed by atoms with E-state index >= 15 is 0 Å². The number of hydrogen-bond acceptors (Lipinski definition) is 12. The van der Waals surface area contributed by atoms with Gasteiger partial charge in [0, 0.05) is 13.1 Å². The number of nitrogens with two attached hydrogens (primary N) is 1. The quantitative estimate of drug-likeness (QED) is 0.224. The third kappa shape index (κ3) is 5.50. The lowest BCUT2D eigenvalue weighted by molar-refractivity contribution is -0.280.